The summed E-state index contributed by atoms with van der Waals surface area (Å²) in [7, 11) is 2.72. The molecular weight excluding hydrogens is 1570 g/mol. The molecule has 496 valence electrons. The maximum atomic E-state index is 13.3. The third-order valence-electron chi connectivity index (χ3n) is 12.4. The van der Waals surface area contributed by atoms with Crippen molar-refractivity contribution in [3.8, 4) is 17.2 Å². The lowest BCUT2D eigenvalue weighted by atomic mass is 9.98. The summed E-state index contributed by atoms with van der Waals surface area (Å²) in [6.45, 7) is 8.41. The predicted octanol–water partition coefficient (Wildman–Crippen LogP) is 12.4. The molecule has 96 heavy (non-hydrogen) atoms. The number of hydroxylamine groups is 2. The molecule has 8 N–H and O–H groups in total. The second-order valence-corrected chi connectivity index (χ2v) is 25.5. The Hall–Kier alpha value is -8.72. The van der Waals surface area contributed by atoms with Gasteiger partial charge in [-0.05, 0) is 235 Å². The number of nitrogens with one attached hydrogen (secondary N) is 2. The van der Waals surface area contributed by atoms with Crippen molar-refractivity contribution in [3.63, 3.8) is 0 Å². The standard InChI is InChI=1S/C16H19N5.C11H7BrFN2O.C11H6BrFN2O.C11H8BrN4.C8H9FN2O2.C5H3Br2N.C4H12N2/c1-16(2,17)9-8-11-5-3-7-13(19-11)14-12-6-4-10-18-15(12)21-20-14;12-8-3-2-6-15(7-8)11(16)9-4-1-5-14-10(9)13;12-9-5-1-4-8(15-9)10(16)7-3-2-6-14-11(7)13;12-8-3-2-6-16(7-8)11-9-4-1-5-13-10(9)14-15-11;1-11(13-2)8(12)6-4-3-5-10-7(6)9;6-4-2-1-3-5(7)8-4;1-4(2,6)3-5/h3-7,10H,8-9,17H2,1-2H3,(H,18,20,21);1-7H;1-6H;1-7H,(H,13,14,15);3-5H,1-2H3;1-3H;3,5-6H2,1-2H3/q;+1;;+1;;;. The van der Waals surface area contributed by atoms with Crippen LogP contribution in [0.3, 0.4) is 0 Å². The number of amides is 1. The number of aromatic nitrogens is 14. The quantitative estimate of drug-likeness (QED) is 0.0348. The van der Waals surface area contributed by atoms with E-state index in [0.717, 1.165) is 75.4 Å². The van der Waals surface area contributed by atoms with E-state index in [1.54, 1.807) is 49.1 Å². The molecule has 30 heteroatoms. The molecule has 0 radical (unpaired) electrons. The average Bonchev–Trinajstić information content (AvgIpc) is 1.67. The first-order valence-corrected chi connectivity index (χ1v) is 32.5. The number of hydrogen-bond donors (Lipinski definition) is 5. The maximum Gasteiger partial charge on any atom is 0.429 e. The lowest BCUT2D eigenvalue weighted by Gasteiger charge is -2.17. The number of pyridine rings is 10. The lowest BCUT2D eigenvalue weighted by Crippen LogP contribution is -2.42. The Morgan fingerprint density at radius 2 is 1.10 bits per heavy atom. The van der Waals surface area contributed by atoms with Gasteiger partial charge < -0.3 is 17.2 Å². The molecule has 0 spiro atoms. The summed E-state index contributed by atoms with van der Waals surface area (Å²) >= 11 is 16.3. The highest BCUT2D eigenvalue weighted by atomic mass is 79.9. The Morgan fingerprint density at radius 1 is 0.573 bits per heavy atom. The summed E-state index contributed by atoms with van der Waals surface area (Å²) < 4.78 is 46.7. The second kappa shape index (κ2) is 37.5. The first-order chi connectivity index (χ1) is 45.7. The number of rotatable bonds is 11. The van der Waals surface area contributed by atoms with Crippen molar-refractivity contribution in [1.82, 2.24) is 65.3 Å². The van der Waals surface area contributed by atoms with E-state index in [4.69, 9.17) is 22.2 Å². The SMILES string of the molecule is Brc1ccc[n+](-c2n[nH]c3ncccc23)c1.Brc1cccc(Br)n1.CC(C)(N)CCc1cccc(-c2[nH]nc3ncccc23)n1.CC(C)(N)CN.CON(C)C(=O)c1cccnc1F.O=C(c1cccc(Br)n1)c1cccnc1F.O=C(c1cccnc1F)[n+]1cccc(Br)c1. The van der Waals surface area contributed by atoms with Gasteiger partial charge in [0.15, 0.2) is 23.7 Å². The summed E-state index contributed by atoms with van der Waals surface area (Å²) in [6.07, 6.45) is 16.1. The van der Waals surface area contributed by atoms with Gasteiger partial charge in [0.1, 0.15) is 36.7 Å². The van der Waals surface area contributed by atoms with Gasteiger partial charge in [-0.25, -0.2) is 44.7 Å². The van der Waals surface area contributed by atoms with Crippen molar-refractivity contribution in [2.45, 2.75) is 51.6 Å². The predicted molar refractivity (Wildman–Crippen MR) is 375 cm³/mol. The number of aryl methyl sites for hydroxylation is 1. The van der Waals surface area contributed by atoms with Crippen LogP contribution in [0, 0.1) is 17.8 Å². The van der Waals surface area contributed by atoms with Crippen molar-refractivity contribution in [3.05, 3.63) is 264 Å². The summed E-state index contributed by atoms with van der Waals surface area (Å²) in [6, 6.07) is 40.5. The van der Waals surface area contributed by atoms with E-state index < -0.39 is 35.4 Å². The van der Waals surface area contributed by atoms with Crippen LogP contribution in [-0.2, 0) is 11.3 Å². The lowest BCUT2D eigenvalue weighted by molar-refractivity contribution is -0.598. The van der Waals surface area contributed by atoms with Crippen LogP contribution >= 0.6 is 79.6 Å². The molecule has 0 fully saturated rings. The normalized spacial score (nSPS) is 10.6. The van der Waals surface area contributed by atoms with Crippen molar-refractivity contribution >= 4 is 119 Å². The van der Waals surface area contributed by atoms with Gasteiger partial charge in [-0.2, -0.15) is 27.9 Å². The van der Waals surface area contributed by atoms with Crippen molar-refractivity contribution in [1.29, 1.82) is 0 Å². The third-order valence-corrected chi connectivity index (χ3v) is 14.7. The number of nitrogens with two attached hydrogens (primary N) is 3. The van der Waals surface area contributed by atoms with E-state index in [1.807, 2.05) is 117 Å². The second-order valence-electron chi connectivity index (χ2n) is 21.2. The molecule has 0 aliphatic rings. The van der Waals surface area contributed by atoms with E-state index in [9.17, 15) is 27.6 Å². The molecular formula is C66H64Br5F3N18O4+2. The molecule has 0 atom stereocenters. The highest BCUT2D eigenvalue weighted by molar-refractivity contribution is 9.11. The van der Waals surface area contributed by atoms with E-state index in [1.165, 1.54) is 79.8 Å². The number of hydrogen-bond acceptors (Lipinski definition) is 17. The van der Waals surface area contributed by atoms with Gasteiger partial charge in [0.2, 0.25) is 23.6 Å². The van der Waals surface area contributed by atoms with E-state index >= 15 is 0 Å². The molecule has 12 aromatic heterocycles. The van der Waals surface area contributed by atoms with Crippen molar-refractivity contribution < 1.29 is 41.5 Å². The fourth-order valence-corrected chi connectivity index (χ4v) is 9.55. The smallest absolute Gasteiger partial charge is 0.329 e. The summed E-state index contributed by atoms with van der Waals surface area (Å²) in [5.74, 6) is -2.98. The van der Waals surface area contributed by atoms with Gasteiger partial charge in [0.05, 0.1) is 49.9 Å². The molecule has 12 aromatic rings. The van der Waals surface area contributed by atoms with Crippen LogP contribution < -0.4 is 26.3 Å². The average molecular weight is 1630 g/mol. The van der Waals surface area contributed by atoms with Crippen LogP contribution in [0.25, 0.3) is 39.3 Å². The number of ketones is 1. The summed E-state index contributed by atoms with van der Waals surface area (Å²) in [4.78, 5) is 71.0. The van der Waals surface area contributed by atoms with Crippen LogP contribution in [0.2, 0.25) is 0 Å². The van der Waals surface area contributed by atoms with E-state index in [2.05, 4.69) is 140 Å². The third kappa shape index (κ3) is 24.5. The van der Waals surface area contributed by atoms with Gasteiger partial charge in [-0.3, -0.25) is 24.5 Å². The Balaban J connectivity index is 0.000000182. The van der Waals surface area contributed by atoms with Crippen LogP contribution in [0.1, 0.15) is 76.6 Å². The van der Waals surface area contributed by atoms with Gasteiger partial charge in [-0.15, -0.1) is 4.57 Å². The molecule has 22 nitrogen and oxygen atoms in total. The number of fused-ring (bicyclic) bond motifs is 2. The maximum absolute atomic E-state index is 13.3. The molecule has 12 heterocycles. The molecule has 0 aliphatic heterocycles. The fraction of sp³-hybridized carbons (Fsp3) is 0.167. The minimum Gasteiger partial charge on any atom is -0.329 e. The van der Waals surface area contributed by atoms with Gasteiger partial charge >= 0.3 is 11.7 Å². The van der Waals surface area contributed by atoms with E-state index in [0.29, 0.717) is 16.8 Å². The zero-order valence-electron chi connectivity index (χ0n) is 52.3. The number of nitrogens with zero attached hydrogens (tertiary/aromatic N) is 13. The molecule has 0 aromatic carbocycles. The number of H-pyrrole nitrogens is 2. The van der Waals surface area contributed by atoms with E-state index in [-0.39, 0.29) is 33.5 Å². The minimum absolute atomic E-state index is 0.0504. The Labute approximate surface area is 592 Å². The Morgan fingerprint density at radius 3 is 1.66 bits per heavy atom. The monoisotopic (exact) mass is 1620 g/mol. The number of aromatic amines is 2. The minimum atomic E-state index is -0.795. The zero-order valence-corrected chi connectivity index (χ0v) is 60.2. The van der Waals surface area contributed by atoms with Crippen LogP contribution in [0.5, 0.6) is 0 Å². The molecule has 12 rings (SSSR count). The van der Waals surface area contributed by atoms with Gasteiger partial charge in [0.25, 0.3) is 5.91 Å². The first-order valence-electron chi connectivity index (χ1n) is 28.6. The van der Waals surface area contributed by atoms with Gasteiger partial charge in [0, 0.05) is 72.8 Å². The van der Waals surface area contributed by atoms with Crippen LogP contribution in [-0.4, -0.2) is 115 Å². The molecule has 0 unspecified atom stereocenters. The first kappa shape index (κ1) is 76.3. The van der Waals surface area contributed by atoms with Crippen molar-refractivity contribution in [2.24, 2.45) is 17.2 Å². The highest BCUT2D eigenvalue weighted by Gasteiger charge is 2.23. The van der Waals surface area contributed by atoms with Crippen LogP contribution in [0.4, 0.5) is 13.2 Å². The van der Waals surface area contributed by atoms with Crippen molar-refractivity contribution in [2.75, 3.05) is 20.7 Å². The number of carbonyl (C=O) groups is 3. The summed E-state index contributed by atoms with van der Waals surface area (Å²) in [5.41, 5.74) is 20.6. The molecule has 0 saturated carbocycles. The van der Waals surface area contributed by atoms with Crippen LogP contribution in [0.15, 0.2) is 218 Å². The fourth-order valence-electron chi connectivity index (χ4n) is 7.54. The molecule has 0 aliphatic carbocycles. The number of halogens is 8. The molecule has 0 saturated heterocycles. The number of carbonyl (C=O) groups excluding carboxylic acids is 3. The largest absolute Gasteiger partial charge is 0.429 e. The van der Waals surface area contributed by atoms with Gasteiger partial charge in [-0.1, -0.05) is 18.2 Å². The zero-order chi connectivity index (χ0) is 70.0. The topological polar surface area (TPSA) is 310 Å². The Kier molecular flexibility index (Phi) is 29.8. The molecule has 0 bridgehead atoms. The summed E-state index contributed by atoms with van der Waals surface area (Å²) in [5, 5.41) is 17.3. The molecule has 1 amide bonds. The highest BCUT2D eigenvalue weighted by Crippen LogP contribution is 2.24. The Bertz CT molecular complexity index is 4410.